The number of thiocarbonyl (C=S) groups is 1. The van der Waals surface area contributed by atoms with Crippen LogP contribution in [0.2, 0.25) is 0 Å². The summed E-state index contributed by atoms with van der Waals surface area (Å²) in [5.74, 6) is -0.154. The normalized spacial score (nSPS) is 15.8. The second-order valence-electron chi connectivity index (χ2n) is 5.03. The van der Waals surface area contributed by atoms with Crippen molar-refractivity contribution in [1.82, 2.24) is 10.2 Å². The van der Waals surface area contributed by atoms with Crippen molar-refractivity contribution in [2.45, 2.75) is 19.9 Å². The van der Waals surface area contributed by atoms with Gasteiger partial charge >= 0.3 is 0 Å². The van der Waals surface area contributed by atoms with E-state index in [9.17, 15) is 4.39 Å². The maximum Gasteiger partial charge on any atom is 0.169 e. The fourth-order valence-electron chi connectivity index (χ4n) is 2.20. The third-order valence-electron chi connectivity index (χ3n) is 3.17. The average molecular weight is 281 g/mol. The Balaban J connectivity index is 1.93. The molecule has 0 bridgehead atoms. The molecule has 1 aromatic carbocycles. The molecule has 1 aromatic rings. The summed E-state index contributed by atoms with van der Waals surface area (Å²) in [5.41, 5.74) is 0.685. The summed E-state index contributed by atoms with van der Waals surface area (Å²) in [6.07, 6.45) is 0. The third-order valence-corrected chi connectivity index (χ3v) is 3.55. The Morgan fingerprint density at radius 3 is 2.42 bits per heavy atom. The first kappa shape index (κ1) is 14.1. The van der Waals surface area contributed by atoms with Crippen molar-refractivity contribution >= 4 is 23.0 Å². The molecular formula is C14H20FN3S. The van der Waals surface area contributed by atoms with Gasteiger partial charge in [0.2, 0.25) is 0 Å². The summed E-state index contributed by atoms with van der Waals surface area (Å²) in [4.78, 5) is 4.22. The first-order valence-corrected chi connectivity index (χ1v) is 7.03. The van der Waals surface area contributed by atoms with Crippen molar-refractivity contribution in [3.8, 4) is 0 Å². The van der Waals surface area contributed by atoms with Crippen molar-refractivity contribution in [2.75, 3.05) is 31.1 Å². The topological polar surface area (TPSA) is 18.5 Å². The minimum Gasteiger partial charge on any atom is -0.366 e. The van der Waals surface area contributed by atoms with Crippen molar-refractivity contribution in [3.05, 3.63) is 30.1 Å². The number of anilines is 1. The van der Waals surface area contributed by atoms with E-state index < -0.39 is 0 Å². The Labute approximate surface area is 119 Å². The fraction of sp³-hybridized carbons (Fsp3) is 0.500. The average Bonchev–Trinajstić information content (AvgIpc) is 2.39. The number of hydrogen-bond donors (Lipinski definition) is 1. The van der Waals surface area contributed by atoms with Crippen LogP contribution in [-0.2, 0) is 0 Å². The zero-order chi connectivity index (χ0) is 13.8. The van der Waals surface area contributed by atoms with Crippen LogP contribution in [0.5, 0.6) is 0 Å². The van der Waals surface area contributed by atoms with E-state index in [4.69, 9.17) is 12.2 Å². The Kier molecular flexibility index (Phi) is 4.58. The van der Waals surface area contributed by atoms with Crippen LogP contribution in [0, 0.1) is 5.82 Å². The summed E-state index contributed by atoms with van der Waals surface area (Å²) < 4.78 is 13.7. The van der Waals surface area contributed by atoms with E-state index in [2.05, 4.69) is 29.0 Å². The molecular weight excluding hydrogens is 261 g/mol. The van der Waals surface area contributed by atoms with E-state index in [-0.39, 0.29) is 5.82 Å². The molecule has 0 amide bonds. The first-order valence-electron chi connectivity index (χ1n) is 6.63. The van der Waals surface area contributed by atoms with Gasteiger partial charge in [-0.2, -0.15) is 0 Å². The van der Waals surface area contributed by atoms with Crippen LogP contribution in [0.1, 0.15) is 13.8 Å². The maximum atomic E-state index is 13.7. The SMILES string of the molecule is CC(C)NC(=S)N1CCN(c2ccccc2F)CC1. The van der Waals surface area contributed by atoms with Crippen LogP contribution >= 0.6 is 12.2 Å². The second-order valence-corrected chi connectivity index (χ2v) is 5.42. The summed E-state index contributed by atoms with van der Waals surface area (Å²) in [5, 5.41) is 4.04. The van der Waals surface area contributed by atoms with Gasteiger partial charge in [0.05, 0.1) is 5.69 Å². The summed E-state index contributed by atoms with van der Waals surface area (Å²) in [6.45, 7) is 7.38. The number of piperazine rings is 1. The van der Waals surface area contributed by atoms with Gasteiger partial charge in [-0.15, -0.1) is 0 Å². The third kappa shape index (κ3) is 3.56. The minimum atomic E-state index is -0.154. The molecule has 0 aromatic heterocycles. The number of nitrogens with one attached hydrogen (secondary N) is 1. The van der Waals surface area contributed by atoms with Gasteiger partial charge in [0.1, 0.15) is 5.82 Å². The highest BCUT2D eigenvalue weighted by molar-refractivity contribution is 7.80. The Morgan fingerprint density at radius 2 is 1.84 bits per heavy atom. The van der Waals surface area contributed by atoms with E-state index in [1.165, 1.54) is 6.07 Å². The van der Waals surface area contributed by atoms with Crippen molar-refractivity contribution < 1.29 is 4.39 Å². The first-order chi connectivity index (χ1) is 9.08. The van der Waals surface area contributed by atoms with Gasteiger partial charge in [-0.25, -0.2) is 4.39 Å². The minimum absolute atomic E-state index is 0.154. The highest BCUT2D eigenvalue weighted by atomic mass is 32.1. The molecule has 3 nitrogen and oxygen atoms in total. The van der Waals surface area contributed by atoms with Gasteiger partial charge < -0.3 is 15.1 Å². The van der Waals surface area contributed by atoms with Gasteiger partial charge in [0, 0.05) is 32.2 Å². The van der Waals surface area contributed by atoms with Crippen LogP contribution in [0.3, 0.4) is 0 Å². The van der Waals surface area contributed by atoms with Crippen LogP contribution in [-0.4, -0.2) is 42.2 Å². The van der Waals surface area contributed by atoms with Gasteiger partial charge in [0.15, 0.2) is 5.11 Å². The molecule has 1 N–H and O–H groups in total. The molecule has 2 rings (SSSR count). The van der Waals surface area contributed by atoms with Crippen LogP contribution < -0.4 is 10.2 Å². The Hall–Kier alpha value is -1.36. The Bertz CT molecular complexity index is 442. The lowest BCUT2D eigenvalue weighted by atomic mass is 10.2. The van der Waals surface area contributed by atoms with Crippen molar-refractivity contribution in [3.63, 3.8) is 0 Å². The molecule has 1 aliphatic heterocycles. The van der Waals surface area contributed by atoms with Gasteiger partial charge in [0.25, 0.3) is 0 Å². The highest BCUT2D eigenvalue weighted by Crippen LogP contribution is 2.20. The van der Waals surface area contributed by atoms with Gasteiger partial charge in [-0.05, 0) is 38.2 Å². The molecule has 0 spiro atoms. The van der Waals surface area contributed by atoms with E-state index in [0.29, 0.717) is 11.7 Å². The molecule has 0 unspecified atom stereocenters. The number of nitrogens with zero attached hydrogens (tertiary/aromatic N) is 2. The number of hydrogen-bond acceptors (Lipinski definition) is 2. The molecule has 1 saturated heterocycles. The van der Waals surface area contributed by atoms with E-state index in [1.54, 1.807) is 6.07 Å². The lowest BCUT2D eigenvalue weighted by molar-refractivity contribution is 0.375. The molecule has 0 aliphatic carbocycles. The number of rotatable bonds is 2. The predicted octanol–water partition coefficient (Wildman–Crippen LogP) is 2.23. The monoisotopic (exact) mass is 281 g/mol. The van der Waals surface area contributed by atoms with Crippen molar-refractivity contribution in [2.24, 2.45) is 0 Å². The molecule has 5 heteroatoms. The molecule has 19 heavy (non-hydrogen) atoms. The molecule has 104 valence electrons. The Morgan fingerprint density at radius 1 is 1.21 bits per heavy atom. The number of halogens is 1. The smallest absolute Gasteiger partial charge is 0.169 e. The van der Waals surface area contributed by atoms with E-state index in [1.807, 2.05) is 12.1 Å². The molecule has 1 fully saturated rings. The van der Waals surface area contributed by atoms with Crippen LogP contribution in [0.15, 0.2) is 24.3 Å². The van der Waals surface area contributed by atoms with E-state index in [0.717, 1.165) is 31.3 Å². The molecule has 1 heterocycles. The zero-order valence-corrected chi connectivity index (χ0v) is 12.2. The summed E-state index contributed by atoms with van der Waals surface area (Å²) >= 11 is 5.35. The summed E-state index contributed by atoms with van der Waals surface area (Å²) in [6, 6.07) is 7.27. The lowest BCUT2D eigenvalue weighted by Crippen LogP contribution is -2.52. The number of para-hydroxylation sites is 1. The predicted molar refractivity (Wildman–Crippen MR) is 81.1 cm³/mol. The van der Waals surface area contributed by atoms with Gasteiger partial charge in [-0.1, -0.05) is 12.1 Å². The quantitative estimate of drug-likeness (QED) is 0.838. The van der Waals surface area contributed by atoms with Crippen molar-refractivity contribution in [1.29, 1.82) is 0 Å². The second kappa shape index (κ2) is 6.19. The fourth-order valence-corrected chi connectivity index (χ4v) is 2.62. The molecule has 0 saturated carbocycles. The molecule has 0 atom stereocenters. The standard InChI is InChI=1S/C14H20FN3S/c1-11(2)16-14(19)18-9-7-17(8-10-18)13-6-4-3-5-12(13)15/h3-6,11H,7-10H2,1-2H3,(H,16,19). The highest BCUT2D eigenvalue weighted by Gasteiger charge is 2.20. The largest absolute Gasteiger partial charge is 0.366 e. The van der Waals surface area contributed by atoms with Gasteiger partial charge in [-0.3, -0.25) is 0 Å². The lowest BCUT2D eigenvalue weighted by Gasteiger charge is -2.37. The molecule has 1 aliphatic rings. The van der Waals surface area contributed by atoms with Crippen LogP contribution in [0.4, 0.5) is 10.1 Å². The summed E-state index contributed by atoms with van der Waals surface area (Å²) in [7, 11) is 0. The van der Waals surface area contributed by atoms with E-state index >= 15 is 0 Å². The number of benzene rings is 1. The maximum absolute atomic E-state index is 13.7. The zero-order valence-electron chi connectivity index (χ0n) is 11.4. The molecule has 0 radical (unpaired) electrons. The van der Waals surface area contributed by atoms with Crippen LogP contribution in [0.25, 0.3) is 0 Å².